The molecule has 1 aliphatic heterocycles. The van der Waals surface area contributed by atoms with E-state index < -0.39 is 27.6 Å². The molecule has 1 aromatic carbocycles. The van der Waals surface area contributed by atoms with Crippen LogP contribution in [0.5, 0.6) is 5.75 Å². The fourth-order valence-corrected chi connectivity index (χ4v) is 2.36. The summed E-state index contributed by atoms with van der Waals surface area (Å²) in [6, 6.07) is 4.71. The smallest absolute Gasteiger partial charge is 0.270 e. The van der Waals surface area contributed by atoms with Gasteiger partial charge in [-0.2, -0.15) is 8.42 Å². The second kappa shape index (κ2) is 7.92. The number of guanidine groups is 1. The highest BCUT2D eigenvalue weighted by Gasteiger charge is 2.42. The minimum atomic E-state index is -3.67. The quantitative estimate of drug-likeness (QED) is 0.323. The molecular formula is C16H24N4O6S. The Hall–Kier alpha value is -2.66. The van der Waals surface area contributed by atoms with Crippen molar-refractivity contribution < 1.29 is 27.3 Å². The van der Waals surface area contributed by atoms with Crippen molar-refractivity contribution in [2.45, 2.75) is 39.3 Å². The van der Waals surface area contributed by atoms with Gasteiger partial charge in [0.2, 0.25) is 0 Å². The molecular weight excluding hydrogens is 376 g/mol. The molecule has 0 saturated carbocycles. The number of anilines is 1. The van der Waals surface area contributed by atoms with Crippen molar-refractivity contribution >= 4 is 33.6 Å². The maximum absolute atomic E-state index is 12.6. The van der Waals surface area contributed by atoms with Gasteiger partial charge in [0, 0.05) is 11.6 Å². The molecule has 1 heterocycles. The van der Waals surface area contributed by atoms with Crippen LogP contribution >= 0.6 is 0 Å². The monoisotopic (exact) mass is 400 g/mol. The van der Waals surface area contributed by atoms with E-state index in [9.17, 15) is 18.0 Å². The van der Waals surface area contributed by atoms with E-state index >= 15 is 0 Å². The number of carbonyl (C=O) groups excluding carboxylic acids is 2. The van der Waals surface area contributed by atoms with Gasteiger partial charge in [0.05, 0.1) is 11.9 Å². The number of carbonyl (C=O) groups is 2. The first kappa shape index (κ1) is 22.4. The molecule has 1 aliphatic rings. The molecule has 0 saturated heterocycles. The lowest BCUT2D eigenvalue weighted by molar-refractivity contribution is -0.133. The van der Waals surface area contributed by atoms with Gasteiger partial charge in [-0.15, -0.1) is 0 Å². The van der Waals surface area contributed by atoms with Gasteiger partial charge in [0.15, 0.2) is 11.6 Å². The van der Waals surface area contributed by atoms with Gasteiger partial charge in [-0.25, -0.2) is 0 Å². The molecule has 27 heavy (non-hydrogen) atoms. The molecule has 0 unspecified atom stereocenters. The van der Waals surface area contributed by atoms with Crippen molar-refractivity contribution in [2.24, 2.45) is 5.73 Å². The third-order valence-corrected chi connectivity index (χ3v) is 3.34. The molecule has 5 N–H and O–H groups in total. The number of nitrogens with two attached hydrogens (primary N) is 1. The van der Waals surface area contributed by atoms with Crippen LogP contribution in [0.3, 0.4) is 0 Å². The second-order valence-corrected chi connectivity index (χ2v) is 8.13. The van der Waals surface area contributed by atoms with E-state index in [0.29, 0.717) is 23.3 Å². The number of ether oxygens (including phenoxy) is 1. The molecule has 2 amide bonds. The number of nitrogens with zero attached hydrogens (tertiary/aromatic N) is 1. The average Bonchev–Trinajstić information content (AvgIpc) is 2.44. The predicted molar refractivity (Wildman–Crippen MR) is 101 cm³/mol. The van der Waals surface area contributed by atoms with Crippen molar-refractivity contribution in [1.82, 2.24) is 5.32 Å². The van der Waals surface area contributed by atoms with Crippen molar-refractivity contribution in [2.75, 3.05) is 11.2 Å². The molecule has 0 fully saturated rings. The summed E-state index contributed by atoms with van der Waals surface area (Å²) in [5.41, 5.74) is 5.04. The molecule has 11 heteroatoms. The molecule has 0 aliphatic carbocycles. The lowest BCUT2D eigenvalue weighted by Crippen LogP contribution is -2.54. The summed E-state index contributed by atoms with van der Waals surface area (Å²) in [6.45, 7) is 7.21. The van der Waals surface area contributed by atoms with E-state index in [-0.39, 0.29) is 11.9 Å². The predicted octanol–water partition coefficient (Wildman–Crippen LogP) is 0.726. The molecule has 0 bridgehead atoms. The molecule has 0 radical (unpaired) electrons. The third kappa shape index (κ3) is 6.22. The van der Waals surface area contributed by atoms with Crippen LogP contribution in [0, 0.1) is 5.41 Å². The molecule has 0 aromatic heterocycles. The fraction of sp³-hybridized carbons (Fsp3) is 0.438. The van der Waals surface area contributed by atoms with E-state index in [2.05, 4.69) is 5.32 Å². The largest absolute Gasteiger partial charge is 0.476 e. The van der Waals surface area contributed by atoms with Crippen molar-refractivity contribution in [1.29, 1.82) is 5.41 Å². The first-order valence-electron chi connectivity index (χ1n) is 7.88. The number of fused-ring (bicyclic) bond motifs is 1. The maximum atomic E-state index is 12.6. The third-order valence-electron chi connectivity index (χ3n) is 3.34. The Labute approximate surface area is 157 Å². The van der Waals surface area contributed by atoms with Crippen molar-refractivity contribution in [3.05, 3.63) is 23.8 Å². The van der Waals surface area contributed by atoms with Crippen LogP contribution in [0.25, 0.3) is 0 Å². The highest BCUT2D eigenvalue weighted by atomic mass is 32.2. The number of amides is 2. The van der Waals surface area contributed by atoms with Crippen LogP contribution in [0.15, 0.2) is 18.2 Å². The Bertz CT molecular complexity index is 856. The van der Waals surface area contributed by atoms with Crippen molar-refractivity contribution in [3.63, 3.8) is 0 Å². The molecule has 1 aromatic rings. The van der Waals surface area contributed by atoms with Crippen LogP contribution in [-0.4, -0.2) is 48.6 Å². The fourth-order valence-electron chi connectivity index (χ4n) is 2.36. The number of hydrogen-bond donors (Lipinski definition) is 4. The minimum Gasteiger partial charge on any atom is -0.476 e. The summed E-state index contributed by atoms with van der Waals surface area (Å²) in [4.78, 5) is 26.1. The van der Waals surface area contributed by atoms with Crippen molar-refractivity contribution in [3.8, 4) is 5.75 Å². The summed E-state index contributed by atoms with van der Waals surface area (Å²) < 4.78 is 31.6. The highest BCUT2D eigenvalue weighted by molar-refractivity contribution is 7.85. The number of hydrogen-bond acceptors (Lipinski definition) is 6. The first-order valence-corrected chi connectivity index (χ1v) is 9.73. The van der Waals surface area contributed by atoms with Crippen LogP contribution in [-0.2, 0) is 14.9 Å². The minimum absolute atomic E-state index is 0.0828. The number of benzene rings is 1. The Kier molecular flexibility index (Phi) is 6.57. The van der Waals surface area contributed by atoms with Gasteiger partial charge in [-0.3, -0.25) is 24.9 Å². The van der Waals surface area contributed by atoms with Gasteiger partial charge >= 0.3 is 0 Å². The zero-order chi connectivity index (χ0) is 21.2. The normalized spacial score (nSPS) is 15.2. The first-order chi connectivity index (χ1) is 12.1. The van der Waals surface area contributed by atoms with Gasteiger partial charge in [-0.1, -0.05) is 0 Å². The maximum Gasteiger partial charge on any atom is 0.270 e. The molecule has 0 spiro atoms. The lowest BCUT2D eigenvalue weighted by Gasteiger charge is -2.40. The molecule has 150 valence electrons. The van der Waals surface area contributed by atoms with Gasteiger partial charge < -0.3 is 15.4 Å². The van der Waals surface area contributed by atoms with E-state index in [4.69, 9.17) is 20.4 Å². The van der Waals surface area contributed by atoms with Crippen LogP contribution in [0.1, 0.15) is 38.1 Å². The Morgan fingerprint density at radius 2 is 1.89 bits per heavy atom. The van der Waals surface area contributed by atoms with E-state index in [1.807, 2.05) is 13.8 Å². The summed E-state index contributed by atoms with van der Waals surface area (Å²) in [7, 11) is -3.67. The Balaban J connectivity index is 0.000000646. The van der Waals surface area contributed by atoms with Gasteiger partial charge in [-0.05, 0) is 45.9 Å². The van der Waals surface area contributed by atoms with E-state index in [0.717, 1.165) is 0 Å². The van der Waals surface area contributed by atoms with Crippen LogP contribution in [0.2, 0.25) is 0 Å². The van der Waals surface area contributed by atoms with Gasteiger partial charge in [0.25, 0.3) is 21.9 Å². The summed E-state index contributed by atoms with van der Waals surface area (Å²) in [5, 5.41) is 9.33. The van der Waals surface area contributed by atoms with E-state index in [1.54, 1.807) is 36.9 Å². The number of nitrogens with one attached hydrogen (secondary N) is 2. The summed E-state index contributed by atoms with van der Waals surface area (Å²) in [6.07, 6.45) is 0.715. The molecule has 2 rings (SSSR count). The summed E-state index contributed by atoms with van der Waals surface area (Å²) in [5.74, 6) is -0.565. The highest BCUT2D eigenvalue weighted by Crippen LogP contribution is 2.39. The Morgan fingerprint density at radius 3 is 2.33 bits per heavy atom. The Morgan fingerprint density at radius 1 is 1.37 bits per heavy atom. The van der Waals surface area contributed by atoms with Crippen LogP contribution < -0.4 is 20.7 Å². The number of rotatable bonds is 2. The van der Waals surface area contributed by atoms with Crippen LogP contribution in [0.4, 0.5) is 5.69 Å². The SMILES string of the molecule is CC(C)N1C(=O)C(C)(C)Oc2ccc(C(=O)NC(=N)N)cc21.CS(=O)(=O)O. The zero-order valence-corrected chi connectivity index (χ0v) is 16.5. The average molecular weight is 400 g/mol. The molecule has 10 nitrogen and oxygen atoms in total. The van der Waals surface area contributed by atoms with E-state index in [1.165, 1.54) is 0 Å². The standard InChI is InChI=1S/C15H20N4O3.CH4O3S/c1-8(2)19-10-7-9(12(20)18-14(16)17)5-6-11(10)22-15(3,4)13(19)21;1-5(2,3)4/h5-8H,1-4H3,(H4,16,17,18,20);1H3,(H,2,3,4). The summed E-state index contributed by atoms with van der Waals surface area (Å²) >= 11 is 0. The second-order valence-electron chi connectivity index (χ2n) is 6.66. The lowest BCUT2D eigenvalue weighted by atomic mass is 10.0. The topological polar surface area (TPSA) is 163 Å². The molecule has 0 atom stereocenters. The zero-order valence-electron chi connectivity index (χ0n) is 15.7. The van der Waals surface area contributed by atoms with Gasteiger partial charge in [0.1, 0.15) is 5.75 Å².